The number of halogens is 1. The van der Waals surface area contributed by atoms with E-state index in [4.69, 9.17) is 5.73 Å². The molecule has 0 saturated heterocycles. The van der Waals surface area contributed by atoms with Crippen molar-refractivity contribution in [3.8, 4) is 10.6 Å². The molecule has 0 aliphatic rings. The smallest absolute Gasteiger partial charge is 0.255 e. The Hall–Kier alpha value is -4.24. The molecule has 4 N–H and O–H groups in total. The highest BCUT2D eigenvalue weighted by Crippen LogP contribution is 2.33. The minimum Gasteiger partial charge on any atom is -0.397 e. The number of nitrogens with two attached hydrogens (primary N) is 1. The number of anilines is 4. The number of imidazole rings is 1. The van der Waals surface area contributed by atoms with Gasteiger partial charge in [-0.25, -0.2) is 14.4 Å². The molecule has 0 aliphatic carbocycles. The highest BCUT2D eigenvalue weighted by atomic mass is 32.1. The standard InChI is InChI=1S/C24H19FN6OS/c1-14-22(31-13-16(25)8-11-21(31)28-14)20-12-27-24(33-20)29-17-9-6-15(7-10-17)23(32)30-19-5-3-2-4-18(19)26/h2-13H,26H2,1H3,(H,27,29)(H,30,32). The Morgan fingerprint density at radius 3 is 2.67 bits per heavy atom. The first-order valence-electron chi connectivity index (χ1n) is 10.1. The zero-order valence-electron chi connectivity index (χ0n) is 17.5. The largest absolute Gasteiger partial charge is 0.397 e. The molecule has 0 saturated carbocycles. The third-order valence-corrected chi connectivity index (χ3v) is 6.02. The molecule has 9 heteroatoms. The van der Waals surface area contributed by atoms with Crippen molar-refractivity contribution in [1.82, 2.24) is 14.4 Å². The zero-order chi connectivity index (χ0) is 22.9. The fourth-order valence-corrected chi connectivity index (χ4v) is 4.44. The monoisotopic (exact) mass is 458 g/mol. The number of fused-ring (bicyclic) bond motifs is 1. The van der Waals surface area contributed by atoms with Crippen molar-refractivity contribution in [3.05, 3.63) is 90.1 Å². The normalized spacial score (nSPS) is 11.0. The van der Waals surface area contributed by atoms with Crippen LogP contribution in [0, 0.1) is 12.7 Å². The molecule has 1 amide bonds. The first kappa shape index (κ1) is 20.7. The van der Waals surface area contributed by atoms with Crippen LogP contribution in [0.4, 0.5) is 26.6 Å². The molecule has 0 fully saturated rings. The molecule has 5 rings (SSSR count). The summed E-state index contributed by atoms with van der Waals surface area (Å²) >= 11 is 1.44. The summed E-state index contributed by atoms with van der Waals surface area (Å²) in [6.45, 7) is 1.89. The molecule has 0 radical (unpaired) electrons. The fourth-order valence-electron chi connectivity index (χ4n) is 3.51. The molecule has 2 aromatic carbocycles. The van der Waals surface area contributed by atoms with Crippen molar-refractivity contribution in [1.29, 1.82) is 0 Å². The van der Waals surface area contributed by atoms with E-state index in [9.17, 15) is 9.18 Å². The van der Waals surface area contributed by atoms with Crippen molar-refractivity contribution < 1.29 is 9.18 Å². The van der Waals surface area contributed by atoms with Gasteiger partial charge in [0.15, 0.2) is 5.13 Å². The quantitative estimate of drug-likeness (QED) is 0.303. The van der Waals surface area contributed by atoms with Crippen molar-refractivity contribution >= 4 is 45.1 Å². The molecular weight excluding hydrogens is 439 g/mol. The molecular formula is C24H19FN6OS. The van der Waals surface area contributed by atoms with Gasteiger partial charge in [0.1, 0.15) is 11.5 Å². The van der Waals surface area contributed by atoms with E-state index in [1.54, 1.807) is 53.1 Å². The molecule has 3 aromatic heterocycles. The SMILES string of the molecule is Cc1nc2ccc(F)cn2c1-c1cnc(Nc2ccc(C(=O)Nc3ccccc3N)cc2)s1. The molecule has 7 nitrogen and oxygen atoms in total. The number of pyridine rings is 1. The highest BCUT2D eigenvalue weighted by Gasteiger charge is 2.15. The molecule has 3 heterocycles. The summed E-state index contributed by atoms with van der Waals surface area (Å²) in [5.41, 5.74) is 10.5. The van der Waals surface area contributed by atoms with Crippen LogP contribution in [0.1, 0.15) is 16.1 Å². The van der Waals surface area contributed by atoms with Gasteiger partial charge >= 0.3 is 0 Å². The van der Waals surface area contributed by atoms with Gasteiger partial charge in [0.2, 0.25) is 0 Å². The van der Waals surface area contributed by atoms with Crippen molar-refractivity contribution in [3.63, 3.8) is 0 Å². The average Bonchev–Trinajstić information content (AvgIpc) is 3.38. The van der Waals surface area contributed by atoms with Crippen LogP contribution in [-0.2, 0) is 0 Å². The zero-order valence-corrected chi connectivity index (χ0v) is 18.4. The second-order valence-corrected chi connectivity index (χ2v) is 8.43. The minimum absolute atomic E-state index is 0.244. The summed E-state index contributed by atoms with van der Waals surface area (Å²) in [4.78, 5) is 22.3. The van der Waals surface area contributed by atoms with Crippen LogP contribution in [0.5, 0.6) is 0 Å². The lowest BCUT2D eigenvalue weighted by Crippen LogP contribution is -2.13. The van der Waals surface area contributed by atoms with E-state index in [1.807, 2.05) is 19.1 Å². The summed E-state index contributed by atoms with van der Waals surface area (Å²) in [5, 5.41) is 6.72. The van der Waals surface area contributed by atoms with E-state index < -0.39 is 0 Å². The van der Waals surface area contributed by atoms with Gasteiger partial charge in [0, 0.05) is 23.6 Å². The number of hydrogen-bond acceptors (Lipinski definition) is 6. The number of rotatable bonds is 5. The van der Waals surface area contributed by atoms with Crippen LogP contribution in [-0.4, -0.2) is 20.3 Å². The van der Waals surface area contributed by atoms with Crippen molar-refractivity contribution in [2.45, 2.75) is 6.92 Å². The van der Waals surface area contributed by atoms with E-state index in [2.05, 4.69) is 20.6 Å². The second-order valence-electron chi connectivity index (χ2n) is 7.39. The maximum Gasteiger partial charge on any atom is 0.255 e. The average molecular weight is 459 g/mol. The van der Waals surface area contributed by atoms with Gasteiger partial charge in [-0.05, 0) is 55.5 Å². The van der Waals surface area contributed by atoms with Crippen LogP contribution in [0.2, 0.25) is 0 Å². The van der Waals surface area contributed by atoms with Crippen LogP contribution >= 0.6 is 11.3 Å². The number of nitrogen functional groups attached to an aromatic ring is 1. The number of carbonyl (C=O) groups is 1. The number of benzene rings is 2. The van der Waals surface area contributed by atoms with Crippen LogP contribution in [0.3, 0.4) is 0 Å². The summed E-state index contributed by atoms with van der Waals surface area (Å²) < 4.78 is 15.5. The van der Waals surface area contributed by atoms with Gasteiger partial charge in [0.05, 0.1) is 27.6 Å². The third-order valence-electron chi connectivity index (χ3n) is 5.10. The van der Waals surface area contributed by atoms with E-state index in [0.29, 0.717) is 27.7 Å². The third kappa shape index (κ3) is 4.13. The molecule has 0 bridgehead atoms. The Morgan fingerprint density at radius 1 is 1.09 bits per heavy atom. The number of nitrogens with zero attached hydrogens (tertiary/aromatic N) is 3. The minimum atomic E-state index is -0.330. The Kier molecular flexibility index (Phi) is 5.23. The Balaban J connectivity index is 1.32. The summed E-state index contributed by atoms with van der Waals surface area (Å²) in [6.07, 6.45) is 3.16. The molecule has 0 spiro atoms. The first-order valence-corrected chi connectivity index (χ1v) is 10.9. The Morgan fingerprint density at radius 2 is 1.88 bits per heavy atom. The number of nitrogens with one attached hydrogen (secondary N) is 2. The number of para-hydroxylation sites is 2. The number of hydrogen-bond donors (Lipinski definition) is 3. The van der Waals surface area contributed by atoms with Crippen molar-refractivity contribution in [2.24, 2.45) is 0 Å². The van der Waals surface area contributed by atoms with E-state index in [-0.39, 0.29) is 11.7 Å². The lowest BCUT2D eigenvalue weighted by molar-refractivity contribution is 0.102. The Bertz CT molecular complexity index is 1470. The van der Waals surface area contributed by atoms with Gasteiger partial charge in [-0.2, -0.15) is 0 Å². The molecule has 0 atom stereocenters. The summed E-state index contributed by atoms with van der Waals surface area (Å²) in [6, 6.07) is 17.2. The summed E-state index contributed by atoms with van der Waals surface area (Å²) in [7, 11) is 0. The number of carbonyl (C=O) groups excluding carboxylic acids is 1. The number of thiazole rings is 1. The molecule has 164 valence electrons. The Labute approximate surface area is 192 Å². The lowest BCUT2D eigenvalue weighted by atomic mass is 10.2. The predicted octanol–water partition coefficient (Wildman–Crippen LogP) is 5.48. The first-order chi connectivity index (χ1) is 16.0. The highest BCUT2D eigenvalue weighted by molar-refractivity contribution is 7.18. The van der Waals surface area contributed by atoms with Gasteiger partial charge in [-0.15, -0.1) is 0 Å². The lowest BCUT2D eigenvalue weighted by Gasteiger charge is -2.08. The fraction of sp³-hybridized carbons (Fsp3) is 0.0417. The van der Waals surface area contributed by atoms with E-state index in [0.717, 1.165) is 22.0 Å². The predicted molar refractivity (Wildman–Crippen MR) is 130 cm³/mol. The topological polar surface area (TPSA) is 97.3 Å². The van der Waals surface area contributed by atoms with Gasteiger partial charge < -0.3 is 16.4 Å². The second kappa shape index (κ2) is 8.36. The molecule has 33 heavy (non-hydrogen) atoms. The number of aryl methyl sites for hydroxylation is 1. The maximum absolute atomic E-state index is 13.8. The van der Waals surface area contributed by atoms with Gasteiger partial charge in [-0.3, -0.25) is 9.20 Å². The van der Waals surface area contributed by atoms with Crippen LogP contribution in [0.15, 0.2) is 73.1 Å². The van der Waals surface area contributed by atoms with E-state index >= 15 is 0 Å². The number of aromatic nitrogens is 3. The molecule has 0 unspecified atom stereocenters. The molecule has 5 aromatic rings. The van der Waals surface area contributed by atoms with Gasteiger partial charge in [0.25, 0.3) is 5.91 Å². The van der Waals surface area contributed by atoms with Crippen molar-refractivity contribution in [2.75, 3.05) is 16.4 Å². The molecule has 0 aliphatic heterocycles. The van der Waals surface area contributed by atoms with Gasteiger partial charge in [-0.1, -0.05) is 23.5 Å². The summed E-state index contributed by atoms with van der Waals surface area (Å²) in [5.74, 6) is -0.575. The maximum atomic E-state index is 13.8. The van der Waals surface area contributed by atoms with Crippen LogP contribution in [0.25, 0.3) is 16.2 Å². The van der Waals surface area contributed by atoms with Crippen LogP contribution < -0.4 is 16.4 Å². The number of amides is 1. The van der Waals surface area contributed by atoms with E-state index in [1.165, 1.54) is 23.6 Å².